The van der Waals surface area contributed by atoms with Crippen LogP contribution in [0.5, 0.6) is 5.75 Å². The van der Waals surface area contributed by atoms with Gasteiger partial charge in [0.25, 0.3) is 0 Å². The Morgan fingerprint density at radius 3 is 2.29 bits per heavy atom. The Hall–Kier alpha value is -2.42. The van der Waals surface area contributed by atoms with Crippen LogP contribution in [0.15, 0.2) is 48.5 Å². The highest BCUT2D eigenvalue weighted by atomic mass is 19.2. The van der Waals surface area contributed by atoms with Crippen LogP contribution in [0.4, 0.5) is 8.78 Å². The number of unbranched alkanes of at least 4 members (excludes halogenated alkanes) is 2. The smallest absolute Gasteiger partial charge is 0.167 e. The van der Waals surface area contributed by atoms with Crippen molar-refractivity contribution in [2.45, 2.75) is 84.0 Å². The van der Waals surface area contributed by atoms with Gasteiger partial charge in [0.2, 0.25) is 0 Å². The third kappa shape index (κ3) is 5.98. The highest BCUT2D eigenvalue weighted by molar-refractivity contribution is 5.85. The molecule has 1 saturated carbocycles. The summed E-state index contributed by atoms with van der Waals surface area (Å²) >= 11 is 0. The minimum absolute atomic E-state index is 0.275. The number of benzene rings is 3. The zero-order valence-corrected chi connectivity index (χ0v) is 20.7. The molecule has 1 nitrogen and oxygen atoms in total. The number of halogens is 2. The third-order valence-corrected chi connectivity index (χ3v) is 7.57. The van der Waals surface area contributed by atoms with Gasteiger partial charge in [-0.1, -0.05) is 62.9 Å². The molecule has 4 rings (SSSR count). The van der Waals surface area contributed by atoms with Crippen LogP contribution in [-0.2, 0) is 12.8 Å². The van der Waals surface area contributed by atoms with Gasteiger partial charge in [0, 0.05) is 5.39 Å². The molecule has 182 valence electrons. The molecule has 1 aliphatic rings. The summed E-state index contributed by atoms with van der Waals surface area (Å²) in [5, 5.41) is 0.981. The molecule has 3 aromatic carbocycles. The average molecular weight is 465 g/mol. The maximum atomic E-state index is 14.8. The van der Waals surface area contributed by atoms with Gasteiger partial charge in [-0.15, -0.1) is 0 Å². The number of hydrogen-bond donors (Lipinski definition) is 0. The normalized spacial score (nSPS) is 18.4. The van der Waals surface area contributed by atoms with Gasteiger partial charge in [-0.05, 0) is 97.6 Å². The van der Waals surface area contributed by atoms with Crippen molar-refractivity contribution in [1.82, 2.24) is 0 Å². The fraction of sp³-hybridized carbons (Fsp3) is 0.484. The SMILES string of the molecule is CCCCCC1CCC(c2ccc(CCc3cc4ccc(OCC)cc4c(F)c3F)cc2)CC1. The van der Waals surface area contributed by atoms with Crippen LogP contribution < -0.4 is 4.74 Å². The lowest BCUT2D eigenvalue weighted by molar-refractivity contribution is 0.303. The minimum Gasteiger partial charge on any atom is -0.494 e. The van der Waals surface area contributed by atoms with Gasteiger partial charge in [0.15, 0.2) is 11.6 Å². The van der Waals surface area contributed by atoms with Gasteiger partial charge < -0.3 is 4.74 Å². The lowest BCUT2D eigenvalue weighted by atomic mass is 9.77. The van der Waals surface area contributed by atoms with E-state index in [-0.39, 0.29) is 5.39 Å². The molecular formula is C31H38F2O. The van der Waals surface area contributed by atoms with Gasteiger partial charge in [-0.2, -0.15) is 0 Å². The van der Waals surface area contributed by atoms with Crippen LogP contribution in [0.3, 0.4) is 0 Å². The van der Waals surface area contributed by atoms with Crippen LogP contribution in [-0.4, -0.2) is 6.61 Å². The molecule has 0 aromatic heterocycles. The molecule has 34 heavy (non-hydrogen) atoms. The van der Waals surface area contributed by atoms with E-state index in [1.807, 2.05) is 13.0 Å². The summed E-state index contributed by atoms with van der Waals surface area (Å²) < 4.78 is 35.0. The second-order valence-electron chi connectivity index (χ2n) is 9.93. The Kier molecular flexibility index (Phi) is 8.59. The van der Waals surface area contributed by atoms with E-state index in [1.165, 1.54) is 62.5 Å². The molecule has 0 radical (unpaired) electrons. The topological polar surface area (TPSA) is 9.23 Å². The van der Waals surface area contributed by atoms with Gasteiger partial charge in [0.1, 0.15) is 5.75 Å². The molecule has 0 amide bonds. The Morgan fingerprint density at radius 2 is 1.59 bits per heavy atom. The van der Waals surface area contributed by atoms with Crippen LogP contribution in [0.2, 0.25) is 0 Å². The number of hydrogen-bond acceptors (Lipinski definition) is 1. The molecule has 3 heteroatoms. The molecular weight excluding hydrogens is 426 g/mol. The zero-order chi connectivity index (χ0) is 23.9. The standard InChI is InChI=1S/C31H38F2O/c1-3-5-6-7-22-8-13-24(14-9-22)25-15-10-23(11-16-25)12-17-27-20-26-18-19-28(34-4-2)21-29(26)31(33)30(27)32/h10-11,15-16,18-22,24H,3-9,12-14,17H2,1-2H3. The van der Waals surface area contributed by atoms with E-state index in [2.05, 4.69) is 31.2 Å². The quantitative estimate of drug-likeness (QED) is 0.272. The van der Waals surface area contributed by atoms with E-state index in [0.717, 1.165) is 5.92 Å². The highest BCUT2D eigenvalue weighted by Crippen LogP contribution is 2.38. The lowest BCUT2D eigenvalue weighted by Gasteiger charge is -2.29. The van der Waals surface area contributed by atoms with Crippen molar-refractivity contribution in [2.75, 3.05) is 6.61 Å². The van der Waals surface area contributed by atoms with E-state index in [9.17, 15) is 8.78 Å². The van der Waals surface area contributed by atoms with E-state index >= 15 is 0 Å². The summed E-state index contributed by atoms with van der Waals surface area (Å²) in [6.45, 7) is 4.64. The summed E-state index contributed by atoms with van der Waals surface area (Å²) in [6.07, 6.45) is 11.9. The first kappa shape index (κ1) is 24.7. The Balaban J connectivity index is 1.35. The second kappa shape index (κ2) is 11.8. The van der Waals surface area contributed by atoms with Crippen molar-refractivity contribution in [1.29, 1.82) is 0 Å². The van der Waals surface area contributed by atoms with E-state index in [1.54, 1.807) is 18.2 Å². The largest absolute Gasteiger partial charge is 0.494 e. The van der Waals surface area contributed by atoms with Crippen LogP contribution in [0.1, 0.15) is 87.8 Å². The summed E-state index contributed by atoms with van der Waals surface area (Å²) in [7, 11) is 0. The van der Waals surface area contributed by atoms with Gasteiger partial charge in [0.05, 0.1) is 6.61 Å². The molecule has 0 N–H and O–H groups in total. The summed E-state index contributed by atoms with van der Waals surface area (Å²) in [4.78, 5) is 0. The van der Waals surface area contributed by atoms with Crippen molar-refractivity contribution < 1.29 is 13.5 Å². The minimum atomic E-state index is -0.783. The molecule has 0 saturated heterocycles. The molecule has 1 aliphatic carbocycles. The maximum absolute atomic E-state index is 14.8. The molecule has 0 unspecified atom stereocenters. The molecule has 0 aliphatic heterocycles. The average Bonchev–Trinajstić information content (AvgIpc) is 2.87. The van der Waals surface area contributed by atoms with E-state index in [4.69, 9.17) is 4.74 Å². The monoisotopic (exact) mass is 464 g/mol. The number of ether oxygens (including phenoxy) is 1. The molecule has 0 bridgehead atoms. The van der Waals surface area contributed by atoms with Crippen molar-refractivity contribution in [3.05, 3.63) is 76.9 Å². The third-order valence-electron chi connectivity index (χ3n) is 7.57. The van der Waals surface area contributed by atoms with Gasteiger partial charge in [-0.3, -0.25) is 0 Å². The molecule has 1 fully saturated rings. The Bertz CT molecular complexity index is 1060. The Morgan fingerprint density at radius 1 is 0.824 bits per heavy atom. The Labute approximate surface area is 203 Å². The first-order chi connectivity index (χ1) is 16.6. The second-order valence-corrected chi connectivity index (χ2v) is 9.93. The molecule has 0 atom stereocenters. The van der Waals surface area contributed by atoms with Crippen molar-refractivity contribution in [3.63, 3.8) is 0 Å². The first-order valence-electron chi connectivity index (χ1n) is 13.2. The van der Waals surface area contributed by atoms with Crippen molar-refractivity contribution in [2.24, 2.45) is 5.92 Å². The van der Waals surface area contributed by atoms with E-state index in [0.29, 0.717) is 42.1 Å². The number of rotatable bonds is 10. The molecule has 0 spiro atoms. The predicted molar refractivity (Wildman–Crippen MR) is 138 cm³/mol. The maximum Gasteiger partial charge on any atom is 0.167 e. The fourth-order valence-corrected chi connectivity index (χ4v) is 5.50. The van der Waals surface area contributed by atoms with E-state index < -0.39 is 11.6 Å². The van der Waals surface area contributed by atoms with Crippen LogP contribution in [0, 0.1) is 17.6 Å². The first-order valence-corrected chi connectivity index (χ1v) is 13.2. The van der Waals surface area contributed by atoms with Crippen molar-refractivity contribution in [3.8, 4) is 5.75 Å². The lowest BCUT2D eigenvalue weighted by Crippen LogP contribution is -2.13. The predicted octanol–water partition coefficient (Wildman–Crippen LogP) is 9.16. The van der Waals surface area contributed by atoms with Crippen LogP contribution >= 0.6 is 0 Å². The van der Waals surface area contributed by atoms with Crippen molar-refractivity contribution >= 4 is 10.8 Å². The molecule has 0 heterocycles. The van der Waals surface area contributed by atoms with Gasteiger partial charge in [-0.25, -0.2) is 8.78 Å². The summed E-state index contributed by atoms with van der Waals surface area (Å²) in [5.41, 5.74) is 3.03. The summed E-state index contributed by atoms with van der Waals surface area (Å²) in [5.74, 6) is 0.629. The number of aryl methyl sites for hydroxylation is 2. The molecule has 3 aromatic rings. The van der Waals surface area contributed by atoms with Crippen LogP contribution in [0.25, 0.3) is 10.8 Å². The van der Waals surface area contributed by atoms with Gasteiger partial charge >= 0.3 is 0 Å². The fourth-order valence-electron chi connectivity index (χ4n) is 5.50. The number of fused-ring (bicyclic) bond motifs is 1. The summed E-state index contributed by atoms with van der Waals surface area (Å²) in [6, 6.07) is 15.8. The zero-order valence-electron chi connectivity index (χ0n) is 20.7. The highest BCUT2D eigenvalue weighted by Gasteiger charge is 2.22.